The van der Waals surface area contributed by atoms with Gasteiger partial charge in [0.15, 0.2) is 0 Å². The molecule has 1 atom stereocenters. The van der Waals surface area contributed by atoms with Crippen molar-refractivity contribution in [1.29, 1.82) is 0 Å². The monoisotopic (exact) mass is 217 g/mol. The maximum Gasteiger partial charge on any atom is 0.0585 e. The Labute approximate surface area is 91.9 Å². The van der Waals surface area contributed by atoms with Crippen LogP contribution in [-0.4, -0.2) is 35.3 Å². The van der Waals surface area contributed by atoms with E-state index in [0.717, 1.165) is 12.3 Å². The lowest BCUT2D eigenvalue weighted by molar-refractivity contribution is 0.239. The molecule has 0 saturated heterocycles. The van der Waals surface area contributed by atoms with Crippen LogP contribution in [0.15, 0.2) is 0 Å². The highest BCUT2D eigenvalue weighted by molar-refractivity contribution is 7.99. The van der Waals surface area contributed by atoms with Crippen LogP contribution >= 0.6 is 11.8 Å². The molecule has 1 saturated carbocycles. The number of thioether (sulfide) groups is 1. The Morgan fingerprint density at radius 2 is 2.14 bits per heavy atom. The summed E-state index contributed by atoms with van der Waals surface area (Å²) in [6.45, 7) is 4.79. The van der Waals surface area contributed by atoms with Crippen molar-refractivity contribution >= 4 is 11.8 Å². The van der Waals surface area contributed by atoms with Crippen molar-refractivity contribution < 1.29 is 5.11 Å². The molecule has 84 valence electrons. The molecule has 0 aliphatic heterocycles. The fourth-order valence-electron chi connectivity index (χ4n) is 1.36. The van der Waals surface area contributed by atoms with Crippen molar-refractivity contribution in [2.45, 2.75) is 45.2 Å². The molecule has 1 aliphatic carbocycles. The number of nitrogens with one attached hydrogen (secondary N) is 1. The average molecular weight is 217 g/mol. The number of hydrogen-bond donors (Lipinski definition) is 2. The van der Waals surface area contributed by atoms with Crippen LogP contribution in [0.1, 0.15) is 33.1 Å². The van der Waals surface area contributed by atoms with E-state index in [1.165, 1.54) is 24.3 Å². The van der Waals surface area contributed by atoms with Gasteiger partial charge in [-0.3, -0.25) is 0 Å². The summed E-state index contributed by atoms with van der Waals surface area (Å²) in [6.07, 6.45) is 3.70. The Kier molecular flexibility index (Phi) is 5.90. The first-order valence-corrected chi connectivity index (χ1v) is 6.82. The number of aliphatic hydroxyl groups excluding tert-OH is 1. The van der Waals surface area contributed by atoms with Gasteiger partial charge in [0.05, 0.1) is 6.61 Å². The maximum atomic E-state index is 9.14. The van der Waals surface area contributed by atoms with E-state index in [-0.39, 0.29) is 0 Å². The predicted molar refractivity (Wildman–Crippen MR) is 63.8 cm³/mol. The van der Waals surface area contributed by atoms with Gasteiger partial charge in [-0.2, -0.15) is 11.8 Å². The van der Waals surface area contributed by atoms with Crippen LogP contribution in [0.3, 0.4) is 0 Å². The first-order chi connectivity index (χ1) is 6.72. The fourth-order valence-corrected chi connectivity index (χ4v) is 2.44. The van der Waals surface area contributed by atoms with E-state index in [9.17, 15) is 0 Å². The Morgan fingerprint density at radius 3 is 2.64 bits per heavy atom. The molecule has 3 heteroatoms. The van der Waals surface area contributed by atoms with Crippen LogP contribution in [0.5, 0.6) is 0 Å². The minimum absolute atomic E-state index is 0.290. The van der Waals surface area contributed by atoms with E-state index in [1.54, 1.807) is 0 Å². The Bertz CT molecular complexity index is 148. The third-order valence-electron chi connectivity index (χ3n) is 2.33. The molecule has 0 aromatic carbocycles. The highest BCUT2D eigenvalue weighted by atomic mass is 32.2. The molecule has 0 aromatic heterocycles. The summed E-state index contributed by atoms with van der Waals surface area (Å²) < 4.78 is 0. The van der Waals surface area contributed by atoms with Crippen molar-refractivity contribution in [1.82, 2.24) is 5.32 Å². The zero-order valence-corrected chi connectivity index (χ0v) is 10.1. The van der Waals surface area contributed by atoms with Crippen LogP contribution in [0, 0.1) is 5.92 Å². The zero-order valence-electron chi connectivity index (χ0n) is 9.33. The van der Waals surface area contributed by atoms with Gasteiger partial charge in [-0.25, -0.2) is 0 Å². The van der Waals surface area contributed by atoms with E-state index in [4.69, 9.17) is 5.11 Å². The minimum Gasteiger partial charge on any atom is -0.395 e. The quantitative estimate of drug-likeness (QED) is 0.609. The molecule has 1 rings (SSSR count). The molecule has 0 bridgehead atoms. The maximum absolute atomic E-state index is 9.14. The lowest BCUT2D eigenvalue weighted by Gasteiger charge is -2.15. The summed E-state index contributed by atoms with van der Waals surface area (Å²) >= 11 is 2.00. The molecule has 2 N–H and O–H groups in total. The van der Waals surface area contributed by atoms with Gasteiger partial charge in [-0.05, 0) is 36.7 Å². The van der Waals surface area contributed by atoms with Crippen molar-refractivity contribution in [2.75, 3.05) is 18.1 Å². The summed E-state index contributed by atoms with van der Waals surface area (Å²) in [5.41, 5.74) is 0. The minimum atomic E-state index is 0.290. The van der Waals surface area contributed by atoms with Gasteiger partial charge in [-0.1, -0.05) is 13.8 Å². The third-order valence-corrected chi connectivity index (χ3v) is 3.76. The van der Waals surface area contributed by atoms with E-state index < -0.39 is 0 Å². The summed E-state index contributed by atoms with van der Waals surface area (Å²) in [5, 5.41) is 12.6. The van der Waals surface area contributed by atoms with Gasteiger partial charge < -0.3 is 10.4 Å². The van der Waals surface area contributed by atoms with Gasteiger partial charge in [0.1, 0.15) is 0 Å². The Balaban J connectivity index is 1.96. The number of hydrogen-bond acceptors (Lipinski definition) is 3. The highest BCUT2D eigenvalue weighted by Gasteiger charge is 2.23. The van der Waals surface area contributed by atoms with Crippen molar-refractivity contribution in [3.8, 4) is 0 Å². The second kappa shape index (κ2) is 6.70. The molecule has 0 aromatic rings. The van der Waals surface area contributed by atoms with E-state index >= 15 is 0 Å². The van der Waals surface area contributed by atoms with Gasteiger partial charge in [0.25, 0.3) is 0 Å². The predicted octanol–water partition coefficient (Wildman–Crippen LogP) is 1.88. The molecular weight excluding hydrogens is 194 g/mol. The lowest BCUT2D eigenvalue weighted by atomic mass is 10.2. The van der Waals surface area contributed by atoms with Gasteiger partial charge in [0.2, 0.25) is 0 Å². The number of aliphatic hydroxyl groups is 1. The zero-order chi connectivity index (χ0) is 10.4. The van der Waals surface area contributed by atoms with Crippen LogP contribution in [0.2, 0.25) is 0 Å². The van der Waals surface area contributed by atoms with E-state index in [2.05, 4.69) is 19.2 Å². The smallest absolute Gasteiger partial charge is 0.0585 e. The largest absolute Gasteiger partial charge is 0.395 e. The molecular formula is C11H23NOS. The summed E-state index contributed by atoms with van der Waals surface area (Å²) in [6, 6.07) is 1.05. The molecule has 1 unspecified atom stereocenters. The molecule has 14 heavy (non-hydrogen) atoms. The van der Waals surface area contributed by atoms with E-state index in [1.807, 2.05) is 11.8 Å². The summed E-state index contributed by atoms with van der Waals surface area (Å²) in [4.78, 5) is 0. The first kappa shape index (κ1) is 12.3. The summed E-state index contributed by atoms with van der Waals surface area (Å²) in [5.74, 6) is 3.19. The first-order valence-electron chi connectivity index (χ1n) is 5.67. The normalized spacial score (nSPS) is 18.9. The Hall–Kier alpha value is 0.270. The molecule has 2 nitrogen and oxygen atoms in total. The van der Waals surface area contributed by atoms with Crippen molar-refractivity contribution in [3.05, 3.63) is 0 Å². The highest BCUT2D eigenvalue weighted by Crippen LogP contribution is 2.20. The molecule has 0 radical (unpaired) electrons. The molecule has 1 fully saturated rings. The van der Waals surface area contributed by atoms with Crippen molar-refractivity contribution in [3.63, 3.8) is 0 Å². The van der Waals surface area contributed by atoms with E-state index in [0.29, 0.717) is 18.7 Å². The molecule has 0 spiro atoms. The van der Waals surface area contributed by atoms with Crippen LogP contribution < -0.4 is 5.32 Å². The van der Waals surface area contributed by atoms with Crippen LogP contribution in [0.4, 0.5) is 0 Å². The summed E-state index contributed by atoms with van der Waals surface area (Å²) in [7, 11) is 0. The average Bonchev–Trinajstić information content (AvgIpc) is 2.93. The number of rotatable bonds is 8. The van der Waals surface area contributed by atoms with Crippen molar-refractivity contribution in [2.24, 2.45) is 5.92 Å². The van der Waals surface area contributed by atoms with Crippen LogP contribution in [-0.2, 0) is 0 Å². The topological polar surface area (TPSA) is 32.3 Å². The lowest BCUT2D eigenvalue weighted by Crippen LogP contribution is -2.34. The standard InChI is InChI=1S/C11H23NOS/c1-9(2)8-14-6-5-11(7-13)12-10-3-4-10/h9-13H,3-8H2,1-2H3. The fraction of sp³-hybridized carbons (Fsp3) is 1.00. The van der Waals surface area contributed by atoms with Gasteiger partial charge >= 0.3 is 0 Å². The Morgan fingerprint density at radius 1 is 1.43 bits per heavy atom. The molecule has 1 aliphatic rings. The van der Waals surface area contributed by atoms with Crippen LogP contribution in [0.25, 0.3) is 0 Å². The molecule has 0 heterocycles. The van der Waals surface area contributed by atoms with Gasteiger partial charge in [0, 0.05) is 12.1 Å². The van der Waals surface area contributed by atoms with Gasteiger partial charge in [-0.15, -0.1) is 0 Å². The third kappa shape index (κ3) is 5.89. The SMILES string of the molecule is CC(C)CSCCC(CO)NC1CC1. The second-order valence-electron chi connectivity index (χ2n) is 4.58. The second-order valence-corrected chi connectivity index (χ2v) is 5.73. The molecule has 0 amide bonds.